The first kappa shape index (κ1) is 11.5. The molecule has 0 atom stereocenters. The monoisotopic (exact) mass is 224 g/mol. The molecule has 6 heteroatoms. The van der Waals surface area contributed by atoms with Crippen LogP contribution in [0.1, 0.15) is 5.69 Å². The van der Waals surface area contributed by atoms with Crippen LogP contribution in [0, 0.1) is 0 Å². The molecule has 5 nitrogen and oxygen atoms in total. The molecule has 0 radical (unpaired) electrons. The Hall–Kier alpha value is -1.53. The molecule has 3 N–H and O–H groups in total. The molecule has 0 aromatic carbocycles. The Bertz CT molecular complexity index is 341. The lowest BCUT2D eigenvalue weighted by molar-refractivity contribution is -0.119. The van der Waals surface area contributed by atoms with Crippen LogP contribution >= 0.6 is 12.2 Å². The fourth-order valence-corrected chi connectivity index (χ4v) is 1.20. The molecule has 1 heterocycles. The van der Waals surface area contributed by atoms with Crippen LogP contribution in [-0.2, 0) is 11.2 Å². The van der Waals surface area contributed by atoms with Crippen molar-refractivity contribution in [2.24, 2.45) is 0 Å². The molecule has 0 saturated carbocycles. The maximum Gasteiger partial charge on any atom is 0.232 e. The normalized spacial score (nSPS) is 9.40. The molecule has 0 fully saturated rings. The molecule has 1 amide bonds. The fraction of sp³-hybridized carbons (Fsp3) is 0.222. The first-order chi connectivity index (χ1) is 7.22. The largest absolute Gasteiger partial charge is 0.302 e. The third-order valence-corrected chi connectivity index (χ3v) is 1.76. The van der Waals surface area contributed by atoms with Crippen molar-refractivity contribution in [3.8, 4) is 0 Å². The minimum absolute atomic E-state index is 0.193. The molecule has 0 aliphatic rings. The number of carbonyl (C=O) groups excluding carboxylic acids is 1. The maximum absolute atomic E-state index is 11.4. The van der Waals surface area contributed by atoms with Gasteiger partial charge in [0.1, 0.15) is 0 Å². The number of hydrogen-bond acceptors (Lipinski definition) is 4. The van der Waals surface area contributed by atoms with Gasteiger partial charge in [0.25, 0.3) is 0 Å². The lowest BCUT2D eigenvalue weighted by Gasteiger charge is -2.07. The summed E-state index contributed by atoms with van der Waals surface area (Å²) in [5.41, 5.74) is 5.92. The van der Waals surface area contributed by atoms with Crippen LogP contribution in [0.4, 0.5) is 0 Å². The molecule has 80 valence electrons. The van der Waals surface area contributed by atoms with Gasteiger partial charge >= 0.3 is 0 Å². The predicted molar refractivity (Wildman–Crippen MR) is 60.9 cm³/mol. The topological polar surface area (TPSA) is 66.0 Å². The van der Waals surface area contributed by atoms with Gasteiger partial charge in [0.2, 0.25) is 5.91 Å². The SMILES string of the molecule is CNNC(=S)NC(=O)Cc1ccccn1. The summed E-state index contributed by atoms with van der Waals surface area (Å²) in [7, 11) is 1.66. The van der Waals surface area contributed by atoms with Gasteiger partial charge in [-0.1, -0.05) is 6.07 Å². The van der Waals surface area contributed by atoms with E-state index in [1.54, 1.807) is 25.4 Å². The number of nitrogens with zero attached hydrogens (tertiary/aromatic N) is 1. The van der Waals surface area contributed by atoms with Gasteiger partial charge in [0.05, 0.1) is 6.42 Å². The first-order valence-corrected chi connectivity index (χ1v) is 4.79. The average molecular weight is 224 g/mol. The Labute approximate surface area is 93.3 Å². The molecule has 0 saturated heterocycles. The Morgan fingerprint density at radius 3 is 2.93 bits per heavy atom. The molecule has 1 aromatic heterocycles. The highest BCUT2D eigenvalue weighted by molar-refractivity contribution is 7.80. The second kappa shape index (κ2) is 6.05. The van der Waals surface area contributed by atoms with Crippen molar-refractivity contribution in [1.29, 1.82) is 0 Å². The summed E-state index contributed by atoms with van der Waals surface area (Å²) in [5.74, 6) is -0.193. The second-order valence-electron chi connectivity index (χ2n) is 2.75. The van der Waals surface area contributed by atoms with E-state index in [4.69, 9.17) is 12.2 Å². The number of hydrogen-bond donors (Lipinski definition) is 3. The second-order valence-corrected chi connectivity index (χ2v) is 3.16. The number of rotatable bonds is 3. The molecule has 0 aliphatic heterocycles. The number of carbonyl (C=O) groups is 1. The van der Waals surface area contributed by atoms with E-state index in [1.165, 1.54) is 0 Å². The van der Waals surface area contributed by atoms with Crippen LogP contribution < -0.4 is 16.2 Å². The summed E-state index contributed by atoms with van der Waals surface area (Å²) >= 11 is 4.82. The smallest absolute Gasteiger partial charge is 0.232 e. The van der Waals surface area contributed by atoms with Crippen LogP contribution in [0.25, 0.3) is 0 Å². The highest BCUT2D eigenvalue weighted by atomic mass is 32.1. The van der Waals surface area contributed by atoms with Gasteiger partial charge in [0, 0.05) is 18.9 Å². The third-order valence-electron chi connectivity index (χ3n) is 1.56. The molecule has 0 unspecified atom stereocenters. The summed E-state index contributed by atoms with van der Waals surface area (Å²) in [6, 6.07) is 5.42. The number of nitrogens with one attached hydrogen (secondary N) is 3. The number of amides is 1. The fourth-order valence-electron chi connectivity index (χ4n) is 0.983. The minimum Gasteiger partial charge on any atom is -0.302 e. The maximum atomic E-state index is 11.4. The standard InChI is InChI=1S/C9H12N4OS/c1-10-13-9(15)12-8(14)6-7-4-2-3-5-11-7/h2-5,10H,6H2,1H3,(H2,12,13,14,15). The zero-order chi connectivity index (χ0) is 11.1. The molecule has 1 rings (SSSR count). The van der Waals surface area contributed by atoms with Gasteiger partial charge in [-0.2, -0.15) is 0 Å². The quantitative estimate of drug-likeness (QED) is 0.488. The van der Waals surface area contributed by atoms with Gasteiger partial charge in [0.15, 0.2) is 5.11 Å². The zero-order valence-electron chi connectivity index (χ0n) is 8.28. The lowest BCUT2D eigenvalue weighted by Crippen LogP contribution is -2.45. The Balaban J connectivity index is 2.40. The van der Waals surface area contributed by atoms with Crippen molar-refractivity contribution in [2.75, 3.05) is 7.05 Å². The van der Waals surface area contributed by atoms with E-state index in [0.717, 1.165) is 0 Å². The Morgan fingerprint density at radius 2 is 2.33 bits per heavy atom. The summed E-state index contributed by atoms with van der Waals surface area (Å²) in [6.45, 7) is 0. The molecule has 0 spiro atoms. The summed E-state index contributed by atoms with van der Waals surface area (Å²) in [5, 5.41) is 2.76. The number of thiocarbonyl (C=S) groups is 1. The Morgan fingerprint density at radius 1 is 1.53 bits per heavy atom. The van der Waals surface area contributed by atoms with E-state index in [1.807, 2.05) is 6.07 Å². The van der Waals surface area contributed by atoms with E-state index >= 15 is 0 Å². The number of pyridine rings is 1. The van der Waals surface area contributed by atoms with Crippen molar-refractivity contribution in [3.63, 3.8) is 0 Å². The Kier molecular flexibility index (Phi) is 4.65. The van der Waals surface area contributed by atoms with E-state index in [2.05, 4.69) is 21.2 Å². The molecular formula is C9H12N4OS. The summed E-state index contributed by atoms with van der Waals surface area (Å²) in [4.78, 5) is 15.4. The van der Waals surface area contributed by atoms with E-state index < -0.39 is 0 Å². The number of aromatic nitrogens is 1. The van der Waals surface area contributed by atoms with Crippen molar-refractivity contribution >= 4 is 23.2 Å². The van der Waals surface area contributed by atoms with Crippen LogP contribution in [0.2, 0.25) is 0 Å². The highest BCUT2D eigenvalue weighted by Crippen LogP contribution is 1.93. The van der Waals surface area contributed by atoms with Crippen molar-refractivity contribution in [2.45, 2.75) is 6.42 Å². The van der Waals surface area contributed by atoms with Gasteiger partial charge in [-0.3, -0.25) is 15.2 Å². The summed E-state index contributed by atoms with van der Waals surface area (Å²) in [6.07, 6.45) is 1.86. The molecule has 0 bridgehead atoms. The molecular weight excluding hydrogens is 212 g/mol. The van der Waals surface area contributed by atoms with Crippen LogP contribution in [0.5, 0.6) is 0 Å². The van der Waals surface area contributed by atoms with E-state index in [-0.39, 0.29) is 17.4 Å². The van der Waals surface area contributed by atoms with Crippen LogP contribution in [0.3, 0.4) is 0 Å². The van der Waals surface area contributed by atoms with Crippen LogP contribution in [0.15, 0.2) is 24.4 Å². The average Bonchev–Trinajstić information content (AvgIpc) is 2.19. The van der Waals surface area contributed by atoms with Gasteiger partial charge in [-0.05, 0) is 24.4 Å². The van der Waals surface area contributed by atoms with E-state index in [0.29, 0.717) is 5.69 Å². The van der Waals surface area contributed by atoms with Gasteiger partial charge < -0.3 is 5.32 Å². The van der Waals surface area contributed by atoms with Gasteiger partial charge in [-0.15, -0.1) is 0 Å². The van der Waals surface area contributed by atoms with Crippen molar-refractivity contribution in [3.05, 3.63) is 30.1 Å². The van der Waals surface area contributed by atoms with Crippen molar-refractivity contribution < 1.29 is 4.79 Å². The van der Waals surface area contributed by atoms with Crippen molar-refractivity contribution in [1.82, 2.24) is 21.2 Å². The highest BCUT2D eigenvalue weighted by Gasteiger charge is 2.05. The third kappa shape index (κ3) is 4.48. The van der Waals surface area contributed by atoms with E-state index in [9.17, 15) is 4.79 Å². The molecule has 0 aliphatic carbocycles. The molecule has 1 aromatic rings. The van der Waals surface area contributed by atoms with Gasteiger partial charge in [-0.25, -0.2) is 5.43 Å². The van der Waals surface area contributed by atoms with Crippen LogP contribution in [-0.4, -0.2) is 23.1 Å². The number of hydrazine groups is 1. The molecule has 15 heavy (non-hydrogen) atoms. The minimum atomic E-state index is -0.193. The zero-order valence-corrected chi connectivity index (χ0v) is 9.10. The summed E-state index contributed by atoms with van der Waals surface area (Å²) < 4.78 is 0. The lowest BCUT2D eigenvalue weighted by atomic mass is 10.2. The predicted octanol–water partition coefficient (Wildman–Crippen LogP) is -0.251. The first-order valence-electron chi connectivity index (χ1n) is 4.39.